The molecule has 0 spiro atoms. The van der Waals surface area contributed by atoms with Crippen LogP contribution in [0.1, 0.15) is 48.4 Å². The number of hydrogen-bond donors (Lipinski definition) is 0. The van der Waals surface area contributed by atoms with Crippen LogP contribution < -0.4 is 5.43 Å². The molecule has 146 valence electrons. The topological polar surface area (TPSA) is 55.2 Å². The Morgan fingerprint density at radius 3 is 2.41 bits per heavy atom. The van der Waals surface area contributed by atoms with E-state index in [0.29, 0.717) is 18.5 Å². The molecule has 0 fully saturated rings. The van der Waals surface area contributed by atoms with Gasteiger partial charge in [0.2, 0.25) is 5.43 Å². The molecule has 2 aromatic rings. The molecule has 1 aromatic heterocycles. The highest BCUT2D eigenvalue weighted by atomic mass is 19.4. The van der Waals surface area contributed by atoms with E-state index < -0.39 is 23.1 Å². The van der Waals surface area contributed by atoms with E-state index in [4.69, 9.17) is 0 Å². The predicted octanol–water partition coefficient (Wildman–Crippen LogP) is 3.82. The van der Waals surface area contributed by atoms with E-state index in [2.05, 4.69) is 5.10 Å². The molecule has 5 nitrogen and oxygen atoms in total. The fourth-order valence-electron chi connectivity index (χ4n) is 2.94. The molecule has 1 aromatic carbocycles. The molecule has 0 aliphatic carbocycles. The first-order valence-corrected chi connectivity index (χ1v) is 8.65. The summed E-state index contributed by atoms with van der Waals surface area (Å²) >= 11 is 0. The fourth-order valence-corrected chi connectivity index (χ4v) is 2.94. The third kappa shape index (κ3) is 4.37. The van der Waals surface area contributed by atoms with Crippen LogP contribution in [0.3, 0.4) is 0 Å². The van der Waals surface area contributed by atoms with Crippen molar-refractivity contribution in [2.75, 3.05) is 7.05 Å². The minimum atomic E-state index is -4.50. The van der Waals surface area contributed by atoms with Gasteiger partial charge in [0.1, 0.15) is 0 Å². The number of aryl methyl sites for hydroxylation is 1. The van der Waals surface area contributed by atoms with Crippen LogP contribution in [0.4, 0.5) is 13.2 Å². The van der Waals surface area contributed by atoms with Crippen molar-refractivity contribution in [2.45, 2.75) is 45.8 Å². The standard InChI is InChI=1S/C19H22F3N3O2/c1-5-14(6-2)24(4)18(27)17-16(26)10-12(3)25(23-17)15-9-7-8-13(11-15)19(20,21)22/h7-11,14H,5-6H2,1-4H3. The Balaban J connectivity index is 2.54. The molecular weight excluding hydrogens is 359 g/mol. The van der Waals surface area contributed by atoms with Crippen molar-refractivity contribution in [3.8, 4) is 5.69 Å². The monoisotopic (exact) mass is 381 g/mol. The maximum absolute atomic E-state index is 13.0. The average molecular weight is 381 g/mol. The molecule has 1 heterocycles. The van der Waals surface area contributed by atoms with E-state index in [1.54, 1.807) is 14.0 Å². The van der Waals surface area contributed by atoms with Gasteiger partial charge in [0.05, 0.1) is 11.3 Å². The molecule has 0 saturated carbocycles. The number of carbonyl (C=O) groups is 1. The molecule has 27 heavy (non-hydrogen) atoms. The Labute approximate surface area is 155 Å². The van der Waals surface area contributed by atoms with Gasteiger partial charge < -0.3 is 4.90 Å². The number of aromatic nitrogens is 2. The van der Waals surface area contributed by atoms with Crippen LogP contribution >= 0.6 is 0 Å². The van der Waals surface area contributed by atoms with Gasteiger partial charge in [-0.1, -0.05) is 19.9 Å². The minimum absolute atomic E-state index is 0.0537. The second-order valence-corrected chi connectivity index (χ2v) is 6.34. The highest BCUT2D eigenvalue weighted by Gasteiger charge is 2.31. The summed E-state index contributed by atoms with van der Waals surface area (Å²) in [4.78, 5) is 26.5. The molecule has 0 aliphatic heterocycles. The van der Waals surface area contributed by atoms with Gasteiger partial charge in [-0.3, -0.25) is 9.59 Å². The smallest absolute Gasteiger partial charge is 0.337 e. The van der Waals surface area contributed by atoms with Crippen molar-refractivity contribution in [1.82, 2.24) is 14.7 Å². The molecule has 0 N–H and O–H groups in total. The molecule has 0 radical (unpaired) electrons. The van der Waals surface area contributed by atoms with E-state index >= 15 is 0 Å². The molecule has 0 atom stereocenters. The molecule has 0 bridgehead atoms. The molecule has 2 rings (SSSR count). The number of halogens is 3. The summed E-state index contributed by atoms with van der Waals surface area (Å²) in [7, 11) is 1.59. The van der Waals surface area contributed by atoms with Crippen molar-refractivity contribution in [3.63, 3.8) is 0 Å². The lowest BCUT2D eigenvalue weighted by molar-refractivity contribution is -0.137. The summed E-state index contributed by atoms with van der Waals surface area (Å²) in [6.07, 6.45) is -3.07. The molecule has 8 heteroatoms. The summed E-state index contributed by atoms with van der Waals surface area (Å²) < 4.78 is 40.1. The van der Waals surface area contributed by atoms with Gasteiger partial charge in [0.25, 0.3) is 5.91 Å². The number of benzene rings is 1. The normalized spacial score (nSPS) is 11.7. The van der Waals surface area contributed by atoms with E-state index in [0.717, 1.165) is 12.1 Å². The third-order valence-electron chi connectivity index (χ3n) is 4.54. The van der Waals surface area contributed by atoms with Gasteiger partial charge in [0.15, 0.2) is 5.69 Å². The zero-order chi connectivity index (χ0) is 20.4. The summed E-state index contributed by atoms with van der Waals surface area (Å²) in [6.45, 7) is 5.41. The predicted molar refractivity (Wildman–Crippen MR) is 96.0 cm³/mol. The first kappa shape index (κ1) is 20.7. The summed E-state index contributed by atoms with van der Waals surface area (Å²) in [5.74, 6) is -0.547. The summed E-state index contributed by atoms with van der Waals surface area (Å²) in [5.41, 5.74) is -1.24. The highest BCUT2D eigenvalue weighted by molar-refractivity contribution is 5.92. The van der Waals surface area contributed by atoms with Crippen LogP contribution in [0, 0.1) is 6.92 Å². The Morgan fingerprint density at radius 2 is 1.85 bits per heavy atom. The van der Waals surface area contributed by atoms with Crippen molar-refractivity contribution in [2.24, 2.45) is 0 Å². The van der Waals surface area contributed by atoms with Crippen LogP contribution in [-0.2, 0) is 6.18 Å². The fraction of sp³-hybridized carbons (Fsp3) is 0.421. The van der Waals surface area contributed by atoms with Gasteiger partial charge in [-0.2, -0.15) is 18.3 Å². The second-order valence-electron chi connectivity index (χ2n) is 6.34. The number of nitrogens with zero attached hydrogens (tertiary/aromatic N) is 3. The van der Waals surface area contributed by atoms with Gasteiger partial charge in [-0.05, 0) is 38.0 Å². The lowest BCUT2D eigenvalue weighted by Crippen LogP contribution is -2.39. The Hall–Kier alpha value is -2.64. The van der Waals surface area contributed by atoms with Crippen molar-refractivity contribution >= 4 is 5.91 Å². The molecule has 0 unspecified atom stereocenters. The van der Waals surface area contributed by atoms with Crippen LogP contribution in [0.15, 0.2) is 35.1 Å². The van der Waals surface area contributed by atoms with Crippen molar-refractivity contribution in [3.05, 3.63) is 57.5 Å². The quantitative estimate of drug-likeness (QED) is 0.791. The molecular formula is C19H22F3N3O2. The van der Waals surface area contributed by atoms with E-state index in [-0.39, 0.29) is 17.4 Å². The number of carbonyl (C=O) groups excluding carboxylic acids is 1. The van der Waals surface area contributed by atoms with Gasteiger partial charge in [-0.15, -0.1) is 0 Å². The second kappa shape index (κ2) is 7.94. The largest absolute Gasteiger partial charge is 0.416 e. The van der Waals surface area contributed by atoms with Gasteiger partial charge >= 0.3 is 6.18 Å². The zero-order valence-corrected chi connectivity index (χ0v) is 15.7. The molecule has 0 aliphatic rings. The lowest BCUT2D eigenvalue weighted by atomic mass is 10.1. The highest BCUT2D eigenvalue weighted by Crippen LogP contribution is 2.30. The summed E-state index contributed by atoms with van der Waals surface area (Å²) in [5, 5.41) is 4.08. The lowest BCUT2D eigenvalue weighted by Gasteiger charge is -2.26. The first-order valence-electron chi connectivity index (χ1n) is 8.65. The maximum atomic E-state index is 13.0. The number of alkyl halides is 3. The van der Waals surface area contributed by atoms with Crippen molar-refractivity contribution < 1.29 is 18.0 Å². The number of hydrogen-bond acceptors (Lipinski definition) is 3. The first-order chi connectivity index (χ1) is 12.6. The Kier molecular flexibility index (Phi) is 6.08. The SMILES string of the molecule is CCC(CC)N(C)C(=O)c1nn(-c2cccc(C(F)(F)F)c2)c(C)cc1=O. The zero-order valence-electron chi connectivity index (χ0n) is 15.7. The maximum Gasteiger partial charge on any atom is 0.416 e. The van der Waals surface area contributed by atoms with Crippen LogP contribution in [0.5, 0.6) is 0 Å². The Morgan fingerprint density at radius 1 is 1.22 bits per heavy atom. The molecule has 0 saturated heterocycles. The summed E-state index contributed by atoms with van der Waals surface area (Å²) in [6, 6.07) is 5.74. The van der Waals surface area contributed by atoms with Gasteiger partial charge in [0, 0.05) is 24.8 Å². The van der Waals surface area contributed by atoms with Crippen LogP contribution in [0.25, 0.3) is 5.69 Å². The number of amides is 1. The van der Waals surface area contributed by atoms with Crippen LogP contribution in [0.2, 0.25) is 0 Å². The van der Waals surface area contributed by atoms with Crippen molar-refractivity contribution in [1.29, 1.82) is 0 Å². The van der Waals surface area contributed by atoms with E-state index in [1.165, 1.54) is 27.8 Å². The van der Waals surface area contributed by atoms with E-state index in [9.17, 15) is 22.8 Å². The van der Waals surface area contributed by atoms with E-state index in [1.807, 2.05) is 13.8 Å². The van der Waals surface area contributed by atoms with Gasteiger partial charge in [-0.25, -0.2) is 4.68 Å². The third-order valence-corrected chi connectivity index (χ3v) is 4.54. The minimum Gasteiger partial charge on any atom is -0.337 e. The van der Waals surface area contributed by atoms with Crippen LogP contribution in [-0.4, -0.2) is 33.7 Å². The number of rotatable bonds is 5. The Bertz CT molecular complexity index is 886. The molecule has 1 amide bonds. The average Bonchev–Trinajstić information content (AvgIpc) is 2.61.